The van der Waals surface area contributed by atoms with Crippen LogP contribution in [0.1, 0.15) is 5.56 Å². The van der Waals surface area contributed by atoms with Crippen molar-refractivity contribution in [2.24, 2.45) is 0 Å². The number of halogens is 3. The molecule has 0 heterocycles. The van der Waals surface area contributed by atoms with E-state index >= 15 is 0 Å². The lowest BCUT2D eigenvalue weighted by Gasteiger charge is -2.06. The standard InChI is InChI=1S/C14H9BrCl2O2S/c15-11-8-6-10(7-9-11)13(16)14(17)20(18,19)12-4-2-1-3-5-12/h1-9H/b14-13+. The second kappa shape index (κ2) is 6.31. The van der Waals surface area contributed by atoms with Crippen LogP contribution in [0.3, 0.4) is 0 Å². The maximum absolute atomic E-state index is 12.3. The molecule has 0 saturated carbocycles. The number of hydrogen-bond donors (Lipinski definition) is 0. The molecule has 0 aliphatic carbocycles. The Morgan fingerprint density at radius 1 is 0.900 bits per heavy atom. The van der Waals surface area contributed by atoms with Crippen molar-refractivity contribution in [3.8, 4) is 0 Å². The predicted molar refractivity (Wildman–Crippen MR) is 86.4 cm³/mol. The summed E-state index contributed by atoms with van der Waals surface area (Å²) in [5.74, 6) is 0. The van der Waals surface area contributed by atoms with E-state index in [0.29, 0.717) is 5.56 Å². The van der Waals surface area contributed by atoms with Gasteiger partial charge in [-0.15, -0.1) is 0 Å². The summed E-state index contributed by atoms with van der Waals surface area (Å²) in [7, 11) is -3.80. The van der Waals surface area contributed by atoms with E-state index in [-0.39, 0.29) is 14.3 Å². The van der Waals surface area contributed by atoms with Gasteiger partial charge in [0, 0.05) is 4.47 Å². The summed E-state index contributed by atoms with van der Waals surface area (Å²) < 4.78 is 25.1. The van der Waals surface area contributed by atoms with Crippen molar-refractivity contribution in [3.63, 3.8) is 0 Å². The highest BCUT2D eigenvalue weighted by atomic mass is 79.9. The van der Waals surface area contributed by atoms with E-state index in [4.69, 9.17) is 23.2 Å². The van der Waals surface area contributed by atoms with Gasteiger partial charge in [-0.3, -0.25) is 0 Å². The molecule has 0 radical (unpaired) electrons. The van der Waals surface area contributed by atoms with Crippen LogP contribution in [-0.4, -0.2) is 8.42 Å². The predicted octanol–water partition coefficient (Wildman–Crippen LogP) is 5.03. The number of hydrogen-bond acceptors (Lipinski definition) is 2. The van der Waals surface area contributed by atoms with Crippen molar-refractivity contribution < 1.29 is 8.42 Å². The highest BCUT2D eigenvalue weighted by Gasteiger charge is 2.22. The highest BCUT2D eigenvalue weighted by Crippen LogP contribution is 2.33. The van der Waals surface area contributed by atoms with Crippen LogP contribution in [0.5, 0.6) is 0 Å². The van der Waals surface area contributed by atoms with Gasteiger partial charge in [-0.2, -0.15) is 0 Å². The lowest BCUT2D eigenvalue weighted by molar-refractivity contribution is 0.604. The summed E-state index contributed by atoms with van der Waals surface area (Å²) in [4.78, 5) is 0.111. The normalized spacial score (nSPS) is 12.9. The molecule has 0 atom stereocenters. The van der Waals surface area contributed by atoms with Crippen LogP contribution in [0.2, 0.25) is 0 Å². The minimum Gasteiger partial charge on any atom is -0.218 e. The quantitative estimate of drug-likeness (QED) is 0.735. The van der Waals surface area contributed by atoms with E-state index < -0.39 is 9.84 Å². The number of benzene rings is 2. The zero-order chi connectivity index (χ0) is 14.8. The molecule has 20 heavy (non-hydrogen) atoms. The molecule has 104 valence electrons. The zero-order valence-corrected chi connectivity index (χ0v) is 14.0. The lowest BCUT2D eigenvalue weighted by Crippen LogP contribution is -2.01. The molecule has 2 rings (SSSR count). The Labute approximate surface area is 136 Å². The van der Waals surface area contributed by atoms with E-state index in [2.05, 4.69) is 15.9 Å². The molecule has 0 aromatic heterocycles. The first-order valence-corrected chi connectivity index (χ1v) is 8.57. The van der Waals surface area contributed by atoms with Crippen molar-refractivity contribution in [2.45, 2.75) is 4.90 Å². The third-order valence-corrected chi connectivity index (χ3v) is 6.07. The van der Waals surface area contributed by atoms with Gasteiger partial charge in [0.15, 0.2) is 4.36 Å². The summed E-state index contributed by atoms with van der Waals surface area (Å²) in [6.07, 6.45) is 0. The Morgan fingerprint density at radius 3 is 2.00 bits per heavy atom. The summed E-state index contributed by atoms with van der Waals surface area (Å²) in [6, 6.07) is 14.8. The van der Waals surface area contributed by atoms with E-state index in [1.165, 1.54) is 12.1 Å². The van der Waals surface area contributed by atoms with Gasteiger partial charge in [-0.25, -0.2) is 8.42 Å². The Kier molecular flexibility index (Phi) is 4.91. The first-order valence-electron chi connectivity index (χ1n) is 5.54. The van der Waals surface area contributed by atoms with Gasteiger partial charge < -0.3 is 0 Å². The Bertz CT molecular complexity index is 739. The first-order chi connectivity index (χ1) is 9.43. The van der Waals surface area contributed by atoms with Crippen LogP contribution in [-0.2, 0) is 9.84 Å². The van der Waals surface area contributed by atoms with Crippen molar-refractivity contribution in [1.29, 1.82) is 0 Å². The molecular formula is C14H9BrCl2O2S. The average Bonchev–Trinajstić information content (AvgIpc) is 2.47. The Morgan fingerprint density at radius 2 is 1.45 bits per heavy atom. The van der Waals surface area contributed by atoms with Crippen molar-refractivity contribution in [1.82, 2.24) is 0 Å². The molecule has 0 bridgehead atoms. The van der Waals surface area contributed by atoms with Gasteiger partial charge in [0.25, 0.3) is 0 Å². The highest BCUT2D eigenvalue weighted by molar-refractivity contribution is 9.10. The molecule has 2 aromatic carbocycles. The van der Waals surface area contributed by atoms with Crippen LogP contribution in [0.15, 0.2) is 68.3 Å². The molecule has 0 fully saturated rings. The van der Waals surface area contributed by atoms with Crippen molar-refractivity contribution in [2.75, 3.05) is 0 Å². The SMILES string of the molecule is O=S(=O)(/C(Cl)=C(/Cl)c1ccc(Br)cc1)c1ccccc1. The number of sulfone groups is 1. The maximum Gasteiger partial charge on any atom is 0.218 e. The topological polar surface area (TPSA) is 34.1 Å². The van der Waals surface area contributed by atoms with E-state index in [1.807, 2.05) is 0 Å². The molecule has 6 heteroatoms. The summed E-state index contributed by atoms with van der Waals surface area (Å²) in [5, 5.41) is 0.00280. The second-order valence-electron chi connectivity index (χ2n) is 3.91. The summed E-state index contributed by atoms with van der Waals surface area (Å²) in [5.41, 5.74) is 0.541. The van der Waals surface area contributed by atoms with Gasteiger partial charge in [0.2, 0.25) is 9.84 Å². The van der Waals surface area contributed by atoms with Crippen LogP contribution < -0.4 is 0 Å². The molecule has 0 amide bonds. The fourth-order valence-corrected chi connectivity index (χ4v) is 3.68. The largest absolute Gasteiger partial charge is 0.218 e. The molecule has 0 N–H and O–H groups in total. The molecule has 0 aliphatic heterocycles. The lowest BCUT2D eigenvalue weighted by atomic mass is 10.2. The second-order valence-corrected chi connectivity index (χ2v) is 7.69. The molecule has 0 aliphatic rings. The van der Waals surface area contributed by atoms with Gasteiger partial charge in [0.05, 0.1) is 9.93 Å². The van der Waals surface area contributed by atoms with E-state index in [1.54, 1.807) is 42.5 Å². The van der Waals surface area contributed by atoms with Gasteiger partial charge >= 0.3 is 0 Å². The zero-order valence-electron chi connectivity index (χ0n) is 10.1. The fraction of sp³-hybridized carbons (Fsp3) is 0. The van der Waals surface area contributed by atoms with Crippen molar-refractivity contribution in [3.05, 3.63) is 69.0 Å². The number of rotatable bonds is 3. The smallest absolute Gasteiger partial charge is 0.218 e. The first kappa shape index (κ1) is 15.6. The minimum atomic E-state index is -3.80. The fourth-order valence-electron chi connectivity index (χ4n) is 1.53. The molecule has 2 nitrogen and oxygen atoms in total. The van der Waals surface area contributed by atoms with Crippen LogP contribution >= 0.6 is 39.1 Å². The third-order valence-electron chi connectivity index (χ3n) is 2.56. The van der Waals surface area contributed by atoms with E-state index in [0.717, 1.165) is 4.47 Å². The third kappa shape index (κ3) is 3.26. The summed E-state index contributed by atoms with van der Waals surface area (Å²) >= 11 is 15.4. The molecular weight excluding hydrogens is 383 g/mol. The monoisotopic (exact) mass is 390 g/mol. The van der Waals surface area contributed by atoms with E-state index in [9.17, 15) is 8.42 Å². The van der Waals surface area contributed by atoms with Gasteiger partial charge in [-0.05, 0) is 29.8 Å². The summed E-state index contributed by atoms with van der Waals surface area (Å²) in [6.45, 7) is 0. The Hall–Kier alpha value is -0.810. The van der Waals surface area contributed by atoms with Gasteiger partial charge in [-0.1, -0.05) is 69.5 Å². The minimum absolute atomic E-state index is 0.00280. The molecule has 0 saturated heterocycles. The molecule has 2 aromatic rings. The van der Waals surface area contributed by atoms with Crippen molar-refractivity contribution >= 4 is 54.0 Å². The Balaban J connectivity index is 2.51. The van der Waals surface area contributed by atoms with Gasteiger partial charge in [0.1, 0.15) is 0 Å². The van der Waals surface area contributed by atoms with Crippen LogP contribution in [0, 0.1) is 0 Å². The van der Waals surface area contributed by atoms with Crippen LogP contribution in [0.4, 0.5) is 0 Å². The van der Waals surface area contributed by atoms with Crippen LogP contribution in [0.25, 0.3) is 5.03 Å². The maximum atomic E-state index is 12.3. The molecule has 0 spiro atoms. The molecule has 0 unspecified atom stereocenters. The average molecular weight is 392 g/mol.